The summed E-state index contributed by atoms with van der Waals surface area (Å²) in [5.74, 6) is 0.274. The van der Waals surface area contributed by atoms with E-state index in [9.17, 15) is 4.79 Å². The molecule has 0 aliphatic heterocycles. The highest BCUT2D eigenvalue weighted by Crippen LogP contribution is 2.30. The lowest BCUT2D eigenvalue weighted by atomic mass is 9.99. The predicted molar refractivity (Wildman–Crippen MR) is 116 cm³/mol. The SMILES string of the molecule is C=Cc1cc(C)ccc1-c1nc(Cc2ccccc2)c(NC(C)=O)nc1C=C. The maximum absolute atomic E-state index is 11.7. The first-order valence-electron chi connectivity index (χ1n) is 9.10. The minimum atomic E-state index is -0.187. The first-order valence-corrected chi connectivity index (χ1v) is 9.10. The minimum Gasteiger partial charge on any atom is -0.309 e. The number of amides is 1. The molecule has 0 aliphatic rings. The van der Waals surface area contributed by atoms with Gasteiger partial charge in [-0.3, -0.25) is 4.79 Å². The molecule has 0 fully saturated rings. The van der Waals surface area contributed by atoms with Crippen molar-refractivity contribution < 1.29 is 4.79 Å². The smallest absolute Gasteiger partial charge is 0.222 e. The normalized spacial score (nSPS) is 10.4. The Bertz CT molecular complexity index is 1040. The fraction of sp³-hybridized carbons (Fsp3) is 0.125. The number of hydrogen-bond donors (Lipinski definition) is 1. The van der Waals surface area contributed by atoms with Gasteiger partial charge in [0.05, 0.1) is 17.1 Å². The van der Waals surface area contributed by atoms with E-state index in [-0.39, 0.29) is 5.91 Å². The van der Waals surface area contributed by atoms with E-state index in [1.807, 2.05) is 55.5 Å². The quantitative estimate of drug-likeness (QED) is 0.642. The molecule has 1 N–H and O–H groups in total. The lowest BCUT2D eigenvalue weighted by Crippen LogP contribution is -2.13. The van der Waals surface area contributed by atoms with Crippen molar-refractivity contribution in [1.29, 1.82) is 0 Å². The molecular formula is C24H23N3O. The van der Waals surface area contributed by atoms with Crippen molar-refractivity contribution in [1.82, 2.24) is 9.97 Å². The van der Waals surface area contributed by atoms with Crippen molar-refractivity contribution in [2.24, 2.45) is 0 Å². The zero-order valence-corrected chi connectivity index (χ0v) is 16.2. The fourth-order valence-corrected chi connectivity index (χ4v) is 3.07. The molecule has 1 amide bonds. The summed E-state index contributed by atoms with van der Waals surface area (Å²) in [6.07, 6.45) is 4.03. The molecule has 140 valence electrons. The lowest BCUT2D eigenvalue weighted by molar-refractivity contribution is -0.114. The molecule has 0 unspecified atom stereocenters. The summed E-state index contributed by atoms with van der Waals surface area (Å²) >= 11 is 0. The number of rotatable bonds is 6. The van der Waals surface area contributed by atoms with E-state index in [4.69, 9.17) is 4.98 Å². The predicted octanol–water partition coefficient (Wildman–Crippen LogP) is 5.29. The van der Waals surface area contributed by atoms with Crippen LogP contribution in [-0.4, -0.2) is 15.9 Å². The third-order valence-electron chi connectivity index (χ3n) is 4.38. The molecular weight excluding hydrogens is 346 g/mol. The number of carbonyl (C=O) groups is 1. The lowest BCUT2D eigenvalue weighted by Gasteiger charge is -2.15. The van der Waals surface area contributed by atoms with Crippen LogP contribution in [0.5, 0.6) is 0 Å². The minimum absolute atomic E-state index is 0.187. The zero-order chi connectivity index (χ0) is 20.1. The molecule has 0 spiro atoms. The summed E-state index contributed by atoms with van der Waals surface area (Å²) in [5, 5.41) is 2.80. The Morgan fingerprint density at radius 3 is 2.46 bits per heavy atom. The molecule has 4 heteroatoms. The Kier molecular flexibility index (Phi) is 5.80. The Morgan fingerprint density at radius 2 is 1.82 bits per heavy atom. The van der Waals surface area contributed by atoms with Gasteiger partial charge in [-0.25, -0.2) is 9.97 Å². The second-order valence-electron chi connectivity index (χ2n) is 6.60. The third-order valence-corrected chi connectivity index (χ3v) is 4.38. The van der Waals surface area contributed by atoms with Gasteiger partial charge in [0.1, 0.15) is 0 Å². The highest BCUT2D eigenvalue weighted by Gasteiger charge is 2.17. The highest BCUT2D eigenvalue weighted by atomic mass is 16.1. The number of nitrogens with one attached hydrogen (secondary N) is 1. The molecule has 3 rings (SSSR count). The Hall–Kier alpha value is -3.53. The van der Waals surface area contributed by atoms with Crippen molar-refractivity contribution in [2.45, 2.75) is 20.3 Å². The molecule has 1 aromatic heterocycles. The van der Waals surface area contributed by atoms with E-state index in [0.29, 0.717) is 23.6 Å². The van der Waals surface area contributed by atoms with E-state index in [1.54, 1.807) is 6.08 Å². The fourth-order valence-electron chi connectivity index (χ4n) is 3.07. The Labute approximate surface area is 165 Å². The van der Waals surface area contributed by atoms with E-state index in [1.165, 1.54) is 6.92 Å². The van der Waals surface area contributed by atoms with Crippen LogP contribution in [0.4, 0.5) is 5.82 Å². The number of carbonyl (C=O) groups excluding carboxylic acids is 1. The largest absolute Gasteiger partial charge is 0.309 e. The molecule has 1 heterocycles. The van der Waals surface area contributed by atoms with Gasteiger partial charge in [0.2, 0.25) is 5.91 Å². The van der Waals surface area contributed by atoms with Crippen LogP contribution in [-0.2, 0) is 11.2 Å². The average Bonchev–Trinajstić information content (AvgIpc) is 2.69. The van der Waals surface area contributed by atoms with Crippen molar-refractivity contribution in [2.75, 3.05) is 5.32 Å². The van der Waals surface area contributed by atoms with E-state index < -0.39 is 0 Å². The van der Waals surface area contributed by atoms with Crippen LogP contribution in [0.1, 0.15) is 35.0 Å². The van der Waals surface area contributed by atoms with Gasteiger partial charge in [-0.05, 0) is 24.1 Å². The van der Waals surface area contributed by atoms with Crippen molar-refractivity contribution in [3.63, 3.8) is 0 Å². The maximum atomic E-state index is 11.7. The van der Waals surface area contributed by atoms with E-state index in [2.05, 4.69) is 29.5 Å². The van der Waals surface area contributed by atoms with E-state index in [0.717, 1.165) is 27.9 Å². The molecule has 0 atom stereocenters. The van der Waals surface area contributed by atoms with Crippen molar-refractivity contribution >= 4 is 23.9 Å². The summed E-state index contributed by atoms with van der Waals surface area (Å²) in [5.41, 5.74) is 6.21. The van der Waals surface area contributed by atoms with Crippen LogP contribution in [0.3, 0.4) is 0 Å². The second-order valence-corrected chi connectivity index (χ2v) is 6.60. The van der Waals surface area contributed by atoms with Crippen LogP contribution < -0.4 is 5.32 Å². The first kappa shape index (κ1) is 19.2. The van der Waals surface area contributed by atoms with Crippen molar-refractivity contribution in [3.05, 3.63) is 89.8 Å². The van der Waals surface area contributed by atoms with Crippen LogP contribution in [0.15, 0.2) is 61.7 Å². The summed E-state index contributed by atoms with van der Waals surface area (Å²) in [6, 6.07) is 16.1. The molecule has 2 aromatic carbocycles. The molecule has 3 aromatic rings. The number of benzene rings is 2. The van der Waals surface area contributed by atoms with Gasteiger partial charge in [-0.1, -0.05) is 73.3 Å². The molecule has 0 aliphatic carbocycles. The number of anilines is 1. The van der Waals surface area contributed by atoms with Crippen LogP contribution in [0.2, 0.25) is 0 Å². The van der Waals surface area contributed by atoms with Gasteiger partial charge >= 0.3 is 0 Å². The van der Waals surface area contributed by atoms with E-state index >= 15 is 0 Å². The molecule has 4 nitrogen and oxygen atoms in total. The number of aryl methyl sites for hydroxylation is 1. The van der Waals surface area contributed by atoms with Gasteiger partial charge in [0, 0.05) is 18.9 Å². The van der Waals surface area contributed by atoms with Gasteiger partial charge in [-0.15, -0.1) is 0 Å². The van der Waals surface area contributed by atoms with Gasteiger partial charge in [-0.2, -0.15) is 0 Å². The Morgan fingerprint density at radius 1 is 1.07 bits per heavy atom. The molecule has 0 radical (unpaired) electrons. The summed E-state index contributed by atoms with van der Waals surface area (Å²) in [4.78, 5) is 21.3. The van der Waals surface area contributed by atoms with Crippen molar-refractivity contribution in [3.8, 4) is 11.3 Å². The van der Waals surface area contributed by atoms with Crippen LogP contribution in [0, 0.1) is 6.92 Å². The zero-order valence-electron chi connectivity index (χ0n) is 16.2. The first-order chi connectivity index (χ1) is 13.5. The van der Waals surface area contributed by atoms with Gasteiger partial charge in [0.15, 0.2) is 5.82 Å². The van der Waals surface area contributed by atoms with Gasteiger partial charge in [0.25, 0.3) is 0 Å². The Balaban J connectivity index is 2.20. The molecule has 0 bridgehead atoms. The molecule has 28 heavy (non-hydrogen) atoms. The van der Waals surface area contributed by atoms with Crippen LogP contribution in [0.25, 0.3) is 23.4 Å². The average molecular weight is 369 g/mol. The summed E-state index contributed by atoms with van der Waals surface area (Å²) < 4.78 is 0. The topological polar surface area (TPSA) is 54.9 Å². The summed E-state index contributed by atoms with van der Waals surface area (Å²) in [7, 11) is 0. The highest BCUT2D eigenvalue weighted by molar-refractivity contribution is 5.89. The molecule has 0 saturated heterocycles. The summed E-state index contributed by atoms with van der Waals surface area (Å²) in [6.45, 7) is 11.3. The van der Waals surface area contributed by atoms with Gasteiger partial charge < -0.3 is 5.32 Å². The number of aromatic nitrogens is 2. The maximum Gasteiger partial charge on any atom is 0.222 e. The number of nitrogens with zero attached hydrogens (tertiary/aromatic N) is 2. The molecule has 0 saturated carbocycles. The number of hydrogen-bond acceptors (Lipinski definition) is 3. The van der Waals surface area contributed by atoms with Crippen LogP contribution >= 0.6 is 0 Å². The monoisotopic (exact) mass is 369 g/mol. The standard InChI is InChI=1S/C24H23N3O/c1-5-19-14-16(3)12-13-20(19)23-21(6-2)27-24(25-17(4)28)22(26-23)15-18-10-8-7-9-11-18/h5-14H,1-2,15H2,3-4H3,(H,25,27,28). The second kappa shape index (κ2) is 8.44. The third kappa shape index (κ3) is 4.23.